The van der Waals surface area contributed by atoms with E-state index in [0.29, 0.717) is 6.61 Å². The van der Waals surface area contributed by atoms with Crippen LogP contribution in [0.3, 0.4) is 0 Å². The second-order valence-corrected chi connectivity index (χ2v) is 1.72. The van der Waals surface area contributed by atoms with Crippen molar-refractivity contribution >= 4 is 0 Å². The fourth-order valence-corrected chi connectivity index (χ4v) is 0.602. The van der Waals surface area contributed by atoms with E-state index in [-0.39, 0.29) is 0 Å². The lowest BCUT2D eigenvalue weighted by molar-refractivity contribution is 0.181. The summed E-state index contributed by atoms with van der Waals surface area (Å²) in [6, 6.07) is 1.81. The molecular weight excluding hydrogens is 118 g/mol. The van der Waals surface area contributed by atoms with E-state index in [0.717, 1.165) is 5.69 Å². The Balaban J connectivity index is 2.61. The summed E-state index contributed by atoms with van der Waals surface area (Å²) < 4.78 is 4.81. The van der Waals surface area contributed by atoms with Crippen molar-refractivity contribution in [3.05, 3.63) is 18.0 Å². The Morgan fingerprint density at radius 3 is 3.11 bits per heavy atom. The Morgan fingerprint density at radius 1 is 1.89 bits per heavy atom. The maximum atomic E-state index is 5.26. The molecule has 0 saturated heterocycles. The Labute approximate surface area is 53.2 Å². The molecule has 0 aromatic carbocycles. The number of nitrogens with two attached hydrogens (primary N) is 1. The number of nitrogens with zero attached hydrogens (tertiary/aromatic N) is 2. The highest BCUT2D eigenvalue weighted by atomic mass is 16.5. The van der Waals surface area contributed by atoms with Gasteiger partial charge >= 0.3 is 0 Å². The van der Waals surface area contributed by atoms with Crippen LogP contribution in [-0.2, 0) is 11.3 Å². The van der Waals surface area contributed by atoms with Crippen molar-refractivity contribution in [1.29, 1.82) is 0 Å². The van der Waals surface area contributed by atoms with Gasteiger partial charge in [-0.1, -0.05) is 0 Å². The van der Waals surface area contributed by atoms with Gasteiger partial charge < -0.3 is 10.6 Å². The number of nitrogen functional groups attached to an aromatic ring is 1. The summed E-state index contributed by atoms with van der Waals surface area (Å²) in [7, 11) is 1.62. The first kappa shape index (κ1) is 6.10. The van der Waals surface area contributed by atoms with Crippen molar-refractivity contribution in [2.24, 2.45) is 0 Å². The van der Waals surface area contributed by atoms with Crippen molar-refractivity contribution in [3.8, 4) is 0 Å². The van der Waals surface area contributed by atoms with Crippen LogP contribution < -0.4 is 5.84 Å². The summed E-state index contributed by atoms with van der Waals surface area (Å²) in [6.45, 7) is 0.518. The second-order valence-electron chi connectivity index (χ2n) is 1.72. The number of rotatable bonds is 2. The topological polar surface area (TPSA) is 53.1 Å². The molecule has 0 aliphatic heterocycles. The molecule has 4 heteroatoms. The molecule has 0 unspecified atom stereocenters. The lowest BCUT2D eigenvalue weighted by atomic mass is 10.5. The normalized spacial score (nSPS) is 9.89. The molecule has 0 atom stereocenters. The van der Waals surface area contributed by atoms with E-state index >= 15 is 0 Å². The third-order valence-corrected chi connectivity index (χ3v) is 0.956. The van der Waals surface area contributed by atoms with Crippen LogP contribution in [-0.4, -0.2) is 17.0 Å². The lowest BCUT2D eigenvalue weighted by Crippen LogP contribution is -2.08. The fraction of sp³-hybridized carbons (Fsp3) is 0.400. The van der Waals surface area contributed by atoms with Crippen LogP contribution in [0, 0.1) is 0 Å². The highest BCUT2D eigenvalue weighted by Crippen LogP contribution is 1.92. The van der Waals surface area contributed by atoms with Crippen LogP contribution in [0.15, 0.2) is 12.3 Å². The van der Waals surface area contributed by atoms with Crippen molar-refractivity contribution < 1.29 is 4.74 Å². The standard InChI is InChI=1S/C5H9N3O/c1-9-4-5-2-3-8(6)7-5/h2-3H,4,6H2,1H3. The van der Waals surface area contributed by atoms with Gasteiger partial charge in [0, 0.05) is 13.3 Å². The van der Waals surface area contributed by atoms with Gasteiger partial charge in [0.15, 0.2) is 0 Å². The molecule has 0 spiro atoms. The first-order valence-corrected chi connectivity index (χ1v) is 2.61. The summed E-state index contributed by atoms with van der Waals surface area (Å²) in [5, 5.41) is 3.87. The first-order chi connectivity index (χ1) is 4.33. The van der Waals surface area contributed by atoms with Crippen molar-refractivity contribution in [2.75, 3.05) is 13.0 Å². The minimum Gasteiger partial charge on any atom is -0.378 e. The van der Waals surface area contributed by atoms with E-state index in [1.807, 2.05) is 6.07 Å². The van der Waals surface area contributed by atoms with Crippen molar-refractivity contribution in [1.82, 2.24) is 9.89 Å². The summed E-state index contributed by atoms with van der Waals surface area (Å²) in [5.41, 5.74) is 0.847. The monoisotopic (exact) mass is 127 g/mol. The average molecular weight is 127 g/mol. The lowest BCUT2D eigenvalue weighted by Gasteiger charge is -1.89. The Hall–Kier alpha value is -1.03. The molecule has 0 fully saturated rings. The maximum Gasteiger partial charge on any atom is 0.0903 e. The first-order valence-electron chi connectivity index (χ1n) is 2.61. The maximum absolute atomic E-state index is 5.26. The van der Waals surface area contributed by atoms with E-state index in [9.17, 15) is 0 Å². The van der Waals surface area contributed by atoms with Gasteiger partial charge in [0.2, 0.25) is 0 Å². The molecule has 0 saturated carbocycles. The Morgan fingerprint density at radius 2 is 2.67 bits per heavy atom. The molecule has 4 nitrogen and oxygen atoms in total. The molecule has 0 bridgehead atoms. The fourth-order valence-electron chi connectivity index (χ4n) is 0.602. The van der Waals surface area contributed by atoms with Gasteiger partial charge in [-0.05, 0) is 6.07 Å². The highest BCUT2D eigenvalue weighted by molar-refractivity contribution is 4.96. The van der Waals surface area contributed by atoms with Crippen LogP contribution in [0.5, 0.6) is 0 Å². The molecule has 2 N–H and O–H groups in total. The number of ether oxygens (including phenoxy) is 1. The van der Waals surface area contributed by atoms with Gasteiger partial charge in [0.25, 0.3) is 0 Å². The minimum absolute atomic E-state index is 0.518. The van der Waals surface area contributed by atoms with E-state index < -0.39 is 0 Å². The van der Waals surface area contributed by atoms with Gasteiger partial charge in [-0.3, -0.25) is 0 Å². The van der Waals surface area contributed by atoms with Crippen LogP contribution in [0.4, 0.5) is 0 Å². The molecule has 0 aliphatic rings. The second kappa shape index (κ2) is 2.50. The van der Waals surface area contributed by atoms with Crippen molar-refractivity contribution in [2.45, 2.75) is 6.61 Å². The highest BCUT2D eigenvalue weighted by Gasteiger charge is 1.92. The molecule has 1 rings (SSSR count). The quantitative estimate of drug-likeness (QED) is 0.557. The molecule has 50 valence electrons. The van der Waals surface area contributed by atoms with Gasteiger partial charge in [0.05, 0.1) is 12.3 Å². The molecule has 0 radical (unpaired) electrons. The Bertz CT molecular complexity index is 184. The summed E-state index contributed by atoms with van der Waals surface area (Å²) >= 11 is 0. The predicted molar refractivity (Wildman–Crippen MR) is 33.1 cm³/mol. The zero-order chi connectivity index (χ0) is 6.69. The summed E-state index contributed by atoms with van der Waals surface area (Å²) in [6.07, 6.45) is 1.67. The molecular formula is C5H9N3O. The molecule has 0 aliphatic carbocycles. The molecule has 1 heterocycles. The summed E-state index contributed by atoms with van der Waals surface area (Å²) in [5.74, 6) is 5.26. The molecule has 0 amide bonds. The summed E-state index contributed by atoms with van der Waals surface area (Å²) in [4.78, 5) is 1.26. The number of aromatic nitrogens is 2. The van der Waals surface area contributed by atoms with Crippen LogP contribution in [0.25, 0.3) is 0 Å². The Kier molecular flexibility index (Phi) is 1.69. The van der Waals surface area contributed by atoms with Gasteiger partial charge in [-0.15, -0.1) is 0 Å². The van der Waals surface area contributed by atoms with Gasteiger partial charge in [0.1, 0.15) is 0 Å². The van der Waals surface area contributed by atoms with E-state index in [4.69, 9.17) is 10.6 Å². The largest absolute Gasteiger partial charge is 0.378 e. The van der Waals surface area contributed by atoms with E-state index in [1.165, 1.54) is 4.79 Å². The number of methoxy groups -OCH3 is 1. The van der Waals surface area contributed by atoms with Gasteiger partial charge in [-0.25, -0.2) is 0 Å². The third-order valence-electron chi connectivity index (χ3n) is 0.956. The van der Waals surface area contributed by atoms with E-state index in [2.05, 4.69) is 5.10 Å². The molecule has 1 aromatic heterocycles. The van der Waals surface area contributed by atoms with Crippen LogP contribution >= 0.6 is 0 Å². The predicted octanol–water partition coefficient (Wildman–Crippen LogP) is -0.257. The minimum atomic E-state index is 0.518. The smallest absolute Gasteiger partial charge is 0.0903 e. The number of hydrogen-bond donors (Lipinski definition) is 1. The zero-order valence-electron chi connectivity index (χ0n) is 5.24. The zero-order valence-corrected chi connectivity index (χ0v) is 5.24. The van der Waals surface area contributed by atoms with Gasteiger partial charge in [-0.2, -0.15) is 9.89 Å². The van der Waals surface area contributed by atoms with Crippen molar-refractivity contribution in [3.63, 3.8) is 0 Å². The number of hydrogen-bond acceptors (Lipinski definition) is 3. The third kappa shape index (κ3) is 1.43. The van der Waals surface area contributed by atoms with Crippen LogP contribution in [0.1, 0.15) is 5.69 Å². The molecule has 9 heavy (non-hydrogen) atoms. The average Bonchev–Trinajstić information content (AvgIpc) is 2.17. The SMILES string of the molecule is COCc1ccn(N)n1. The molecule has 1 aromatic rings. The van der Waals surface area contributed by atoms with E-state index in [1.54, 1.807) is 13.3 Å². The van der Waals surface area contributed by atoms with Crippen LogP contribution in [0.2, 0.25) is 0 Å².